The van der Waals surface area contributed by atoms with Crippen molar-refractivity contribution in [1.29, 1.82) is 0 Å². The highest BCUT2D eigenvalue weighted by Gasteiger charge is 2.32. The lowest BCUT2D eigenvalue weighted by Crippen LogP contribution is -2.32. The molecule has 0 spiro atoms. The molecule has 146 valence electrons. The lowest BCUT2D eigenvalue weighted by atomic mass is 10.0. The highest BCUT2D eigenvalue weighted by molar-refractivity contribution is 5.98. The van der Waals surface area contributed by atoms with Crippen LogP contribution in [0.15, 0.2) is 42.9 Å². The van der Waals surface area contributed by atoms with Gasteiger partial charge >= 0.3 is 0 Å². The van der Waals surface area contributed by atoms with E-state index in [0.717, 1.165) is 16.9 Å². The summed E-state index contributed by atoms with van der Waals surface area (Å²) in [5.41, 5.74) is 9.39. The third-order valence-corrected chi connectivity index (χ3v) is 5.41. The fourth-order valence-corrected chi connectivity index (χ4v) is 3.81. The molecule has 2 aromatic heterocycles. The number of imidazole rings is 1. The van der Waals surface area contributed by atoms with E-state index in [1.807, 2.05) is 25.1 Å². The fraction of sp³-hybridized carbons (Fsp3) is 0.190. The summed E-state index contributed by atoms with van der Waals surface area (Å²) in [4.78, 5) is 23.0. The van der Waals surface area contributed by atoms with E-state index in [1.54, 1.807) is 24.0 Å². The summed E-state index contributed by atoms with van der Waals surface area (Å²) in [7, 11) is 1.66. The predicted molar refractivity (Wildman–Crippen MR) is 106 cm³/mol. The van der Waals surface area contributed by atoms with Crippen molar-refractivity contribution in [1.82, 2.24) is 19.3 Å². The molecule has 1 aliphatic rings. The smallest absolute Gasteiger partial charge is 0.257 e. The van der Waals surface area contributed by atoms with Gasteiger partial charge in [0.25, 0.3) is 5.91 Å². The molecule has 8 heteroatoms. The minimum atomic E-state index is -0.649. The first-order valence-corrected chi connectivity index (χ1v) is 9.15. The van der Waals surface area contributed by atoms with E-state index in [0.29, 0.717) is 23.2 Å². The Morgan fingerprint density at radius 1 is 1.31 bits per heavy atom. The minimum absolute atomic E-state index is 0.0397. The molecule has 0 aliphatic carbocycles. The Labute approximate surface area is 165 Å². The maximum absolute atomic E-state index is 14.8. The Hall–Kier alpha value is -3.68. The Balaban J connectivity index is 1.58. The van der Waals surface area contributed by atoms with E-state index >= 15 is 0 Å². The van der Waals surface area contributed by atoms with E-state index in [-0.39, 0.29) is 17.4 Å². The van der Waals surface area contributed by atoms with Gasteiger partial charge in [-0.3, -0.25) is 9.20 Å². The number of amides is 1. The van der Waals surface area contributed by atoms with Crippen molar-refractivity contribution in [3.8, 4) is 5.75 Å². The van der Waals surface area contributed by atoms with Gasteiger partial charge < -0.3 is 15.4 Å². The Bertz CT molecular complexity index is 1300. The summed E-state index contributed by atoms with van der Waals surface area (Å²) in [5.74, 6) is -0.0747. The van der Waals surface area contributed by atoms with Gasteiger partial charge in [0.15, 0.2) is 0 Å². The van der Waals surface area contributed by atoms with Crippen molar-refractivity contribution in [3.05, 3.63) is 65.4 Å². The largest absolute Gasteiger partial charge is 0.491 e. The molecule has 0 radical (unpaired) electrons. The normalized spacial score (nSPS) is 15.5. The molecule has 29 heavy (non-hydrogen) atoms. The number of nitrogen functional groups attached to an aromatic ring is 1. The summed E-state index contributed by atoms with van der Waals surface area (Å²) < 4.78 is 22.3. The monoisotopic (exact) mass is 391 g/mol. The molecular formula is C21H18FN5O2. The van der Waals surface area contributed by atoms with Crippen molar-refractivity contribution in [2.45, 2.75) is 13.0 Å². The van der Waals surface area contributed by atoms with Gasteiger partial charge in [-0.25, -0.2) is 14.4 Å². The van der Waals surface area contributed by atoms with Crippen LogP contribution in [0.3, 0.4) is 0 Å². The average Bonchev–Trinajstić information content (AvgIpc) is 3.34. The fourth-order valence-electron chi connectivity index (χ4n) is 3.81. The van der Waals surface area contributed by atoms with Gasteiger partial charge in [0.2, 0.25) is 0 Å². The standard InChI is InChI=1S/C21H18FN5O2/c1-11-3-4-12-18(9-29-19(12)5-11)26(2)21(28)13-6-16-15(7-14(13)22)25-20(23)17-8-24-10-27(16)17/h3-8,10,18H,9H2,1-2H3,(H2,23,25)/t18-/m1/s1. The van der Waals surface area contributed by atoms with Crippen molar-refractivity contribution < 1.29 is 13.9 Å². The Kier molecular flexibility index (Phi) is 3.70. The molecule has 0 fully saturated rings. The van der Waals surface area contributed by atoms with Gasteiger partial charge in [-0.05, 0) is 24.6 Å². The lowest BCUT2D eigenvalue weighted by Gasteiger charge is -2.24. The second kappa shape index (κ2) is 6.16. The molecule has 3 heterocycles. The molecule has 1 atom stereocenters. The SMILES string of the molecule is Cc1ccc2c(c1)OC[C@H]2N(C)C(=O)c1cc2c(cc1F)nc(N)c1cncn12. The number of anilines is 1. The third kappa shape index (κ3) is 2.60. The van der Waals surface area contributed by atoms with Crippen LogP contribution in [0.25, 0.3) is 16.6 Å². The Morgan fingerprint density at radius 2 is 2.14 bits per heavy atom. The number of carbonyl (C=O) groups excluding carboxylic acids is 1. The van der Waals surface area contributed by atoms with Gasteiger partial charge in [-0.2, -0.15) is 0 Å². The van der Waals surface area contributed by atoms with E-state index in [1.165, 1.54) is 17.0 Å². The number of nitrogens with two attached hydrogens (primary N) is 1. The Morgan fingerprint density at radius 3 is 2.97 bits per heavy atom. The number of carbonyl (C=O) groups is 1. The van der Waals surface area contributed by atoms with Crippen molar-refractivity contribution in [2.75, 3.05) is 19.4 Å². The molecule has 0 saturated heterocycles. The number of halogens is 1. The summed E-state index contributed by atoms with van der Waals surface area (Å²) in [6, 6.07) is 8.30. The number of hydrogen-bond acceptors (Lipinski definition) is 5. The van der Waals surface area contributed by atoms with E-state index in [2.05, 4.69) is 9.97 Å². The highest BCUT2D eigenvalue weighted by atomic mass is 19.1. The lowest BCUT2D eigenvalue weighted by molar-refractivity contribution is 0.0704. The number of aryl methyl sites for hydroxylation is 1. The molecule has 0 bridgehead atoms. The highest BCUT2D eigenvalue weighted by Crippen LogP contribution is 2.37. The number of benzene rings is 2. The first-order chi connectivity index (χ1) is 13.9. The van der Waals surface area contributed by atoms with E-state index in [9.17, 15) is 9.18 Å². The van der Waals surface area contributed by atoms with Crippen molar-refractivity contribution >= 4 is 28.3 Å². The molecule has 2 aromatic carbocycles. The minimum Gasteiger partial charge on any atom is -0.491 e. The average molecular weight is 391 g/mol. The van der Waals surface area contributed by atoms with Crippen LogP contribution in [0, 0.1) is 12.7 Å². The van der Waals surface area contributed by atoms with Crippen LogP contribution in [0.2, 0.25) is 0 Å². The van der Waals surface area contributed by atoms with E-state index in [4.69, 9.17) is 10.5 Å². The number of ether oxygens (including phenoxy) is 1. The van der Waals surface area contributed by atoms with Crippen LogP contribution in [-0.4, -0.2) is 38.8 Å². The predicted octanol–water partition coefficient (Wildman–Crippen LogP) is 3.12. The number of hydrogen-bond donors (Lipinski definition) is 1. The van der Waals surface area contributed by atoms with Gasteiger partial charge in [0.1, 0.15) is 29.5 Å². The molecule has 7 nitrogen and oxygen atoms in total. The van der Waals surface area contributed by atoms with Crippen molar-refractivity contribution in [2.24, 2.45) is 0 Å². The molecule has 0 saturated carbocycles. The molecule has 0 unspecified atom stereocenters. The summed E-state index contributed by atoms with van der Waals surface area (Å²) in [6.45, 7) is 2.31. The number of aromatic nitrogens is 3. The summed E-state index contributed by atoms with van der Waals surface area (Å²) >= 11 is 0. The first kappa shape index (κ1) is 17.4. The van der Waals surface area contributed by atoms with Crippen LogP contribution < -0.4 is 10.5 Å². The molecule has 1 aliphatic heterocycles. The number of fused-ring (bicyclic) bond motifs is 4. The number of rotatable bonds is 2. The number of nitrogens with zero attached hydrogens (tertiary/aromatic N) is 4. The third-order valence-electron chi connectivity index (χ3n) is 5.41. The summed E-state index contributed by atoms with van der Waals surface area (Å²) in [5, 5.41) is 0. The quantitative estimate of drug-likeness (QED) is 0.567. The van der Waals surface area contributed by atoms with Gasteiger partial charge in [0, 0.05) is 18.7 Å². The molecule has 5 rings (SSSR count). The van der Waals surface area contributed by atoms with Crippen LogP contribution in [0.5, 0.6) is 5.75 Å². The second-order valence-electron chi connectivity index (χ2n) is 7.25. The van der Waals surface area contributed by atoms with Gasteiger partial charge in [-0.1, -0.05) is 12.1 Å². The molecule has 2 N–H and O–H groups in total. The van der Waals surface area contributed by atoms with Crippen molar-refractivity contribution in [3.63, 3.8) is 0 Å². The second-order valence-corrected chi connectivity index (χ2v) is 7.25. The molecule has 1 amide bonds. The molecular weight excluding hydrogens is 373 g/mol. The van der Waals surface area contributed by atoms with E-state index < -0.39 is 11.7 Å². The maximum Gasteiger partial charge on any atom is 0.257 e. The van der Waals surface area contributed by atoms with Gasteiger partial charge in [-0.15, -0.1) is 0 Å². The van der Waals surface area contributed by atoms with Crippen LogP contribution in [0.1, 0.15) is 27.5 Å². The zero-order valence-electron chi connectivity index (χ0n) is 15.9. The maximum atomic E-state index is 14.8. The summed E-state index contributed by atoms with van der Waals surface area (Å²) in [6.07, 6.45) is 3.14. The first-order valence-electron chi connectivity index (χ1n) is 9.15. The zero-order valence-corrected chi connectivity index (χ0v) is 15.9. The van der Waals surface area contributed by atoms with Crippen LogP contribution in [0.4, 0.5) is 10.2 Å². The molecule has 4 aromatic rings. The number of likely N-dealkylation sites (N-methyl/N-ethyl adjacent to an activating group) is 1. The van der Waals surface area contributed by atoms with Gasteiger partial charge in [0.05, 0.1) is 35.2 Å². The van der Waals surface area contributed by atoms with Crippen LogP contribution in [-0.2, 0) is 0 Å². The topological polar surface area (TPSA) is 85.8 Å². The zero-order chi connectivity index (χ0) is 20.3. The van der Waals surface area contributed by atoms with Crippen LogP contribution >= 0.6 is 0 Å².